The van der Waals surface area contributed by atoms with E-state index in [-0.39, 0.29) is 5.56 Å². The fraction of sp³-hybridized carbons (Fsp3) is 0.250. The second kappa shape index (κ2) is 5.94. The number of aryl methyl sites for hydroxylation is 2. The van der Waals surface area contributed by atoms with Crippen LogP contribution in [0.1, 0.15) is 28.4 Å². The third-order valence-electron chi connectivity index (χ3n) is 3.24. The molecule has 0 aliphatic carbocycles. The highest BCUT2D eigenvalue weighted by molar-refractivity contribution is 9.10. The Labute approximate surface area is 126 Å². The summed E-state index contributed by atoms with van der Waals surface area (Å²) in [5.41, 5.74) is 2.74. The normalized spacial score (nSPS) is 12.3. The molecular weight excluding hydrogens is 323 g/mol. The van der Waals surface area contributed by atoms with Crippen LogP contribution >= 0.6 is 15.9 Å². The van der Waals surface area contributed by atoms with Crippen LogP contribution in [0, 0.1) is 19.7 Å². The van der Waals surface area contributed by atoms with Crippen molar-refractivity contribution in [2.75, 3.05) is 7.11 Å². The lowest BCUT2D eigenvalue weighted by atomic mass is 9.94. The molecular formula is C16H16BrFO2. The Balaban J connectivity index is 2.55. The number of rotatable bonds is 3. The van der Waals surface area contributed by atoms with E-state index < -0.39 is 11.9 Å². The van der Waals surface area contributed by atoms with Gasteiger partial charge in [0, 0.05) is 15.6 Å². The smallest absolute Gasteiger partial charge is 0.130 e. The summed E-state index contributed by atoms with van der Waals surface area (Å²) in [5.74, 6) is 0.117. The van der Waals surface area contributed by atoms with Crippen molar-refractivity contribution in [1.29, 1.82) is 0 Å². The van der Waals surface area contributed by atoms with E-state index in [4.69, 9.17) is 4.74 Å². The third kappa shape index (κ3) is 2.86. The summed E-state index contributed by atoms with van der Waals surface area (Å²) in [7, 11) is 1.54. The van der Waals surface area contributed by atoms with Gasteiger partial charge < -0.3 is 9.84 Å². The topological polar surface area (TPSA) is 29.5 Å². The van der Waals surface area contributed by atoms with Crippen molar-refractivity contribution in [3.8, 4) is 5.75 Å². The number of ether oxygens (including phenoxy) is 1. The van der Waals surface area contributed by atoms with Crippen LogP contribution in [0.5, 0.6) is 5.75 Å². The summed E-state index contributed by atoms with van der Waals surface area (Å²) >= 11 is 3.21. The number of methoxy groups -OCH3 is 1. The average Bonchev–Trinajstić information content (AvgIpc) is 2.37. The summed E-state index contributed by atoms with van der Waals surface area (Å²) in [6.07, 6.45) is -1.06. The van der Waals surface area contributed by atoms with Crippen LogP contribution in [-0.4, -0.2) is 12.2 Å². The fourth-order valence-corrected chi connectivity index (χ4v) is 2.67. The quantitative estimate of drug-likeness (QED) is 0.904. The molecule has 1 N–H and O–H groups in total. The maximum absolute atomic E-state index is 14.0. The van der Waals surface area contributed by atoms with Crippen molar-refractivity contribution in [2.24, 2.45) is 0 Å². The molecule has 0 amide bonds. The average molecular weight is 339 g/mol. The molecule has 1 unspecified atom stereocenters. The van der Waals surface area contributed by atoms with Gasteiger partial charge in [-0.05, 0) is 43.2 Å². The molecule has 1 atom stereocenters. The first-order chi connectivity index (χ1) is 9.43. The monoisotopic (exact) mass is 338 g/mol. The van der Waals surface area contributed by atoms with Crippen LogP contribution in [0.15, 0.2) is 34.8 Å². The minimum absolute atomic E-state index is 0.235. The summed E-state index contributed by atoms with van der Waals surface area (Å²) < 4.78 is 20.0. The van der Waals surface area contributed by atoms with Crippen molar-refractivity contribution < 1.29 is 14.2 Å². The predicted molar refractivity (Wildman–Crippen MR) is 80.6 cm³/mol. The highest BCUT2D eigenvalue weighted by Gasteiger charge is 2.21. The number of benzene rings is 2. The van der Waals surface area contributed by atoms with E-state index in [1.54, 1.807) is 19.2 Å². The van der Waals surface area contributed by atoms with Gasteiger partial charge in [-0.2, -0.15) is 0 Å². The first-order valence-corrected chi connectivity index (χ1v) is 7.01. The number of aliphatic hydroxyl groups excluding tert-OH is 1. The number of aliphatic hydroxyl groups is 1. The number of hydrogen-bond donors (Lipinski definition) is 1. The van der Waals surface area contributed by atoms with Gasteiger partial charge in [0.25, 0.3) is 0 Å². The molecule has 0 saturated heterocycles. The van der Waals surface area contributed by atoms with Crippen molar-refractivity contribution in [3.05, 3.63) is 62.9 Å². The van der Waals surface area contributed by atoms with E-state index in [9.17, 15) is 9.50 Å². The van der Waals surface area contributed by atoms with Crippen LogP contribution in [0.3, 0.4) is 0 Å². The van der Waals surface area contributed by atoms with Crippen molar-refractivity contribution in [2.45, 2.75) is 20.0 Å². The number of hydrogen-bond acceptors (Lipinski definition) is 2. The van der Waals surface area contributed by atoms with E-state index in [1.807, 2.05) is 26.0 Å². The van der Waals surface area contributed by atoms with Crippen molar-refractivity contribution in [3.63, 3.8) is 0 Å². The summed E-state index contributed by atoms with van der Waals surface area (Å²) in [6.45, 7) is 3.83. The Hall–Kier alpha value is -1.39. The highest BCUT2D eigenvalue weighted by atomic mass is 79.9. The standard InChI is InChI=1S/C16H16BrFO2/c1-9-6-10(2)15(14(7-9)20-3)16(19)12-5-4-11(17)8-13(12)18/h4-8,16,19H,1-3H3. The molecule has 0 aliphatic rings. The van der Waals surface area contributed by atoms with Crippen LogP contribution < -0.4 is 4.74 Å². The zero-order chi connectivity index (χ0) is 14.9. The SMILES string of the molecule is COc1cc(C)cc(C)c1C(O)c1ccc(Br)cc1F. The molecule has 0 spiro atoms. The molecule has 0 fully saturated rings. The van der Waals surface area contributed by atoms with Crippen LogP contribution in [0.4, 0.5) is 4.39 Å². The lowest BCUT2D eigenvalue weighted by molar-refractivity contribution is 0.208. The Morgan fingerprint density at radius 2 is 1.90 bits per heavy atom. The maximum Gasteiger partial charge on any atom is 0.130 e. The van der Waals surface area contributed by atoms with Gasteiger partial charge in [-0.3, -0.25) is 0 Å². The molecule has 2 aromatic rings. The first-order valence-electron chi connectivity index (χ1n) is 6.22. The minimum Gasteiger partial charge on any atom is -0.496 e. The number of halogens is 2. The Bertz CT molecular complexity index is 641. The lowest BCUT2D eigenvalue weighted by Crippen LogP contribution is -2.07. The van der Waals surface area contributed by atoms with Crippen LogP contribution in [0.25, 0.3) is 0 Å². The molecule has 4 heteroatoms. The Morgan fingerprint density at radius 3 is 2.50 bits per heavy atom. The Kier molecular flexibility index (Phi) is 4.45. The van der Waals surface area contributed by atoms with E-state index >= 15 is 0 Å². The van der Waals surface area contributed by atoms with Crippen molar-refractivity contribution in [1.82, 2.24) is 0 Å². The fourth-order valence-electron chi connectivity index (χ4n) is 2.34. The van der Waals surface area contributed by atoms with Gasteiger partial charge in [-0.15, -0.1) is 0 Å². The minimum atomic E-state index is -1.06. The Morgan fingerprint density at radius 1 is 1.20 bits per heavy atom. The van der Waals surface area contributed by atoms with E-state index in [2.05, 4.69) is 15.9 Å². The van der Waals surface area contributed by atoms with Crippen LogP contribution in [-0.2, 0) is 0 Å². The van der Waals surface area contributed by atoms with Gasteiger partial charge >= 0.3 is 0 Å². The molecule has 0 aromatic heterocycles. The summed E-state index contributed by atoms with van der Waals surface area (Å²) in [6, 6.07) is 8.40. The molecule has 0 saturated carbocycles. The van der Waals surface area contributed by atoms with Gasteiger partial charge in [-0.25, -0.2) is 4.39 Å². The molecule has 0 heterocycles. The zero-order valence-corrected chi connectivity index (χ0v) is 13.2. The van der Waals surface area contributed by atoms with Gasteiger partial charge in [0.15, 0.2) is 0 Å². The molecule has 2 rings (SSSR count). The zero-order valence-electron chi connectivity index (χ0n) is 11.6. The summed E-state index contributed by atoms with van der Waals surface area (Å²) in [4.78, 5) is 0. The largest absolute Gasteiger partial charge is 0.496 e. The van der Waals surface area contributed by atoms with Gasteiger partial charge in [0.2, 0.25) is 0 Å². The lowest BCUT2D eigenvalue weighted by Gasteiger charge is -2.19. The molecule has 2 nitrogen and oxygen atoms in total. The van der Waals surface area contributed by atoms with Gasteiger partial charge in [0.1, 0.15) is 17.7 Å². The van der Waals surface area contributed by atoms with E-state index in [1.165, 1.54) is 6.07 Å². The van der Waals surface area contributed by atoms with E-state index in [0.29, 0.717) is 15.8 Å². The second-order valence-corrected chi connectivity index (χ2v) is 5.68. The molecule has 0 aliphatic heterocycles. The molecule has 106 valence electrons. The van der Waals surface area contributed by atoms with E-state index in [0.717, 1.165) is 11.1 Å². The predicted octanol–water partition coefficient (Wildman–Crippen LogP) is 4.30. The molecule has 20 heavy (non-hydrogen) atoms. The summed E-state index contributed by atoms with van der Waals surface area (Å²) in [5, 5.41) is 10.5. The molecule has 0 radical (unpaired) electrons. The second-order valence-electron chi connectivity index (χ2n) is 4.77. The van der Waals surface area contributed by atoms with Crippen LogP contribution in [0.2, 0.25) is 0 Å². The maximum atomic E-state index is 14.0. The van der Waals surface area contributed by atoms with Gasteiger partial charge in [-0.1, -0.05) is 28.1 Å². The third-order valence-corrected chi connectivity index (χ3v) is 3.74. The molecule has 0 bridgehead atoms. The highest BCUT2D eigenvalue weighted by Crippen LogP contribution is 2.35. The molecule has 2 aromatic carbocycles. The first kappa shape index (κ1) is 15.0. The van der Waals surface area contributed by atoms with Crippen molar-refractivity contribution >= 4 is 15.9 Å². The van der Waals surface area contributed by atoms with Gasteiger partial charge in [0.05, 0.1) is 7.11 Å².